The SMILES string of the molecule is O=C(Cn1c2ccccc2c(=O)c2ccccc21)Nc1ccccc1SCC(F)(F)F. The lowest BCUT2D eigenvalue weighted by molar-refractivity contribution is -0.116. The molecule has 4 nitrogen and oxygen atoms in total. The van der Waals surface area contributed by atoms with Crippen molar-refractivity contribution in [1.82, 2.24) is 4.57 Å². The second-order valence-corrected chi connectivity index (χ2v) is 7.91. The molecule has 4 aromatic rings. The van der Waals surface area contributed by atoms with Crippen LogP contribution in [0.4, 0.5) is 18.9 Å². The fraction of sp³-hybridized carbons (Fsp3) is 0.130. The number of nitrogens with one attached hydrogen (secondary N) is 1. The Hall–Kier alpha value is -3.26. The van der Waals surface area contributed by atoms with Crippen molar-refractivity contribution in [2.75, 3.05) is 11.1 Å². The molecule has 0 bridgehead atoms. The van der Waals surface area contributed by atoms with E-state index in [2.05, 4.69) is 5.32 Å². The molecule has 4 rings (SSSR count). The number of halogens is 3. The Morgan fingerprint density at radius 2 is 1.42 bits per heavy atom. The quantitative estimate of drug-likeness (QED) is 0.330. The molecule has 1 aromatic heterocycles. The van der Waals surface area contributed by atoms with Crippen LogP contribution in [0.2, 0.25) is 0 Å². The minimum absolute atomic E-state index is 0.0976. The van der Waals surface area contributed by atoms with Crippen molar-refractivity contribution in [2.24, 2.45) is 0 Å². The summed E-state index contributed by atoms with van der Waals surface area (Å²) in [7, 11) is 0. The second kappa shape index (κ2) is 8.47. The molecule has 3 aromatic carbocycles. The molecular formula is C23H17F3N2O2S. The topological polar surface area (TPSA) is 51.1 Å². The molecule has 8 heteroatoms. The molecule has 1 heterocycles. The van der Waals surface area contributed by atoms with Crippen LogP contribution in [-0.4, -0.2) is 22.4 Å². The van der Waals surface area contributed by atoms with E-state index in [9.17, 15) is 22.8 Å². The van der Waals surface area contributed by atoms with Gasteiger partial charge in [0.05, 0.1) is 22.5 Å². The van der Waals surface area contributed by atoms with Crippen LogP contribution in [0.3, 0.4) is 0 Å². The van der Waals surface area contributed by atoms with Crippen LogP contribution in [0.1, 0.15) is 0 Å². The normalized spacial score (nSPS) is 11.7. The Balaban J connectivity index is 1.67. The first-order valence-corrected chi connectivity index (χ1v) is 10.4. The van der Waals surface area contributed by atoms with Crippen LogP contribution in [0.5, 0.6) is 0 Å². The van der Waals surface area contributed by atoms with Crippen LogP contribution in [0.15, 0.2) is 82.5 Å². The third kappa shape index (κ3) is 4.59. The smallest absolute Gasteiger partial charge is 0.331 e. The van der Waals surface area contributed by atoms with Gasteiger partial charge in [0.15, 0.2) is 5.43 Å². The number of thioether (sulfide) groups is 1. The number of hydrogen-bond donors (Lipinski definition) is 1. The number of nitrogens with zero attached hydrogens (tertiary/aromatic N) is 1. The number of fused-ring (bicyclic) bond motifs is 2. The molecular weight excluding hydrogens is 425 g/mol. The highest BCUT2D eigenvalue weighted by Crippen LogP contribution is 2.32. The lowest BCUT2D eigenvalue weighted by Gasteiger charge is -2.16. The van der Waals surface area contributed by atoms with Crippen LogP contribution in [0, 0.1) is 0 Å². The Bertz CT molecular complexity index is 1270. The fourth-order valence-corrected chi connectivity index (χ4v) is 4.20. The summed E-state index contributed by atoms with van der Waals surface area (Å²) < 4.78 is 39.6. The highest BCUT2D eigenvalue weighted by atomic mass is 32.2. The third-order valence-corrected chi connectivity index (χ3v) is 5.87. The van der Waals surface area contributed by atoms with E-state index in [1.54, 1.807) is 71.3 Å². The summed E-state index contributed by atoms with van der Waals surface area (Å²) >= 11 is 0.621. The maximum Gasteiger partial charge on any atom is 0.398 e. The number of pyridine rings is 1. The molecule has 0 fully saturated rings. The molecule has 0 atom stereocenters. The summed E-state index contributed by atoms with van der Waals surface area (Å²) in [4.78, 5) is 26.0. The molecule has 0 saturated heterocycles. The molecule has 0 saturated carbocycles. The van der Waals surface area contributed by atoms with Gasteiger partial charge in [0.2, 0.25) is 5.91 Å². The molecule has 0 aliphatic carbocycles. The highest BCUT2D eigenvalue weighted by molar-refractivity contribution is 7.99. The van der Waals surface area contributed by atoms with Crippen molar-refractivity contribution >= 4 is 45.2 Å². The summed E-state index contributed by atoms with van der Waals surface area (Å²) in [5, 5.41) is 3.70. The summed E-state index contributed by atoms with van der Waals surface area (Å²) in [5.74, 6) is -1.45. The van der Waals surface area contributed by atoms with E-state index in [4.69, 9.17) is 0 Å². The van der Waals surface area contributed by atoms with Crippen molar-refractivity contribution < 1.29 is 18.0 Å². The monoisotopic (exact) mass is 442 g/mol. The average Bonchev–Trinajstić information content (AvgIpc) is 2.75. The Kier molecular flexibility index (Phi) is 5.73. The van der Waals surface area contributed by atoms with Gasteiger partial charge >= 0.3 is 6.18 Å². The second-order valence-electron chi connectivity index (χ2n) is 6.90. The number of carbonyl (C=O) groups excluding carboxylic acids is 1. The van der Waals surface area contributed by atoms with E-state index in [1.807, 2.05) is 0 Å². The van der Waals surface area contributed by atoms with Crippen LogP contribution in [-0.2, 0) is 11.3 Å². The Morgan fingerprint density at radius 3 is 2.03 bits per heavy atom. The predicted molar refractivity (Wildman–Crippen MR) is 118 cm³/mol. The third-order valence-electron chi connectivity index (χ3n) is 4.73. The van der Waals surface area contributed by atoms with E-state index >= 15 is 0 Å². The zero-order chi connectivity index (χ0) is 22.0. The van der Waals surface area contributed by atoms with Crippen molar-refractivity contribution in [3.8, 4) is 0 Å². The van der Waals surface area contributed by atoms with E-state index in [0.29, 0.717) is 44.2 Å². The van der Waals surface area contributed by atoms with Crippen LogP contribution >= 0.6 is 11.8 Å². The lowest BCUT2D eigenvalue weighted by atomic mass is 10.1. The molecule has 0 unspecified atom stereocenters. The molecule has 0 aliphatic heterocycles. The minimum atomic E-state index is -4.31. The van der Waals surface area contributed by atoms with Gasteiger partial charge in [-0.05, 0) is 36.4 Å². The number of anilines is 1. The average molecular weight is 442 g/mol. The van der Waals surface area contributed by atoms with E-state index < -0.39 is 17.8 Å². The lowest BCUT2D eigenvalue weighted by Crippen LogP contribution is -2.22. The number of para-hydroxylation sites is 3. The summed E-state index contributed by atoms with van der Waals surface area (Å²) in [6.45, 7) is -0.0976. The number of carbonyl (C=O) groups is 1. The van der Waals surface area contributed by atoms with Gasteiger partial charge in [-0.1, -0.05) is 36.4 Å². The van der Waals surface area contributed by atoms with Gasteiger partial charge in [0, 0.05) is 15.7 Å². The zero-order valence-corrected chi connectivity index (χ0v) is 17.0. The van der Waals surface area contributed by atoms with E-state index in [0.717, 1.165) is 0 Å². The van der Waals surface area contributed by atoms with Gasteiger partial charge < -0.3 is 9.88 Å². The Morgan fingerprint density at radius 1 is 0.871 bits per heavy atom. The number of benzene rings is 3. The minimum Gasteiger partial charge on any atom is -0.331 e. The first-order chi connectivity index (χ1) is 14.8. The molecule has 1 N–H and O–H groups in total. The largest absolute Gasteiger partial charge is 0.398 e. The zero-order valence-electron chi connectivity index (χ0n) is 16.1. The van der Waals surface area contributed by atoms with Crippen LogP contribution < -0.4 is 10.7 Å². The van der Waals surface area contributed by atoms with Crippen molar-refractivity contribution in [1.29, 1.82) is 0 Å². The number of hydrogen-bond acceptors (Lipinski definition) is 3. The van der Waals surface area contributed by atoms with E-state index in [1.165, 1.54) is 6.07 Å². The predicted octanol–water partition coefficient (Wildman–Crippen LogP) is 5.45. The Labute approximate surface area is 179 Å². The fourth-order valence-electron chi connectivity index (χ4n) is 3.44. The van der Waals surface area contributed by atoms with Crippen molar-refractivity contribution in [3.63, 3.8) is 0 Å². The number of aromatic nitrogens is 1. The molecule has 1 amide bonds. The van der Waals surface area contributed by atoms with Gasteiger partial charge in [-0.25, -0.2) is 0 Å². The maximum atomic E-state index is 12.9. The molecule has 0 radical (unpaired) electrons. The maximum absolute atomic E-state index is 12.9. The van der Waals surface area contributed by atoms with Crippen LogP contribution in [0.25, 0.3) is 21.8 Å². The van der Waals surface area contributed by atoms with Crippen molar-refractivity contribution in [2.45, 2.75) is 17.6 Å². The molecule has 31 heavy (non-hydrogen) atoms. The number of amides is 1. The number of rotatable bonds is 5. The van der Waals surface area contributed by atoms with E-state index in [-0.39, 0.29) is 12.0 Å². The highest BCUT2D eigenvalue weighted by Gasteiger charge is 2.27. The number of alkyl halides is 3. The van der Waals surface area contributed by atoms with Gasteiger partial charge in [0.25, 0.3) is 0 Å². The molecule has 0 aliphatic rings. The first-order valence-electron chi connectivity index (χ1n) is 9.42. The first kappa shape index (κ1) is 21.0. The molecule has 0 spiro atoms. The summed E-state index contributed by atoms with van der Waals surface area (Å²) in [6, 6.07) is 20.4. The molecule has 158 valence electrons. The van der Waals surface area contributed by atoms with Crippen molar-refractivity contribution in [3.05, 3.63) is 83.0 Å². The standard InChI is InChI=1S/C23H17F3N2O2S/c24-23(25,26)14-31-20-12-6-3-9-17(20)27-21(29)13-28-18-10-4-1-7-15(18)22(30)16-8-2-5-11-19(16)28/h1-12H,13-14H2,(H,27,29). The summed E-state index contributed by atoms with van der Waals surface area (Å²) in [5.41, 5.74) is 1.43. The van der Waals surface area contributed by atoms with Gasteiger partial charge in [0.1, 0.15) is 6.54 Å². The van der Waals surface area contributed by atoms with Gasteiger partial charge in [-0.15, -0.1) is 11.8 Å². The van der Waals surface area contributed by atoms with Gasteiger partial charge in [-0.3, -0.25) is 9.59 Å². The van der Waals surface area contributed by atoms with Gasteiger partial charge in [-0.2, -0.15) is 13.2 Å². The summed E-state index contributed by atoms with van der Waals surface area (Å²) in [6.07, 6.45) is -4.31.